The van der Waals surface area contributed by atoms with Gasteiger partial charge in [-0.3, -0.25) is 4.79 Å². The van der Waals surface area contributed by atoms with Gasteiger partial charge in [0.25, 0.3) is 0 Å². The number of hydrogen-bond donors (Lipinski definition) is 1. The Hall–Kier alpha value is -0.610. The molecule has 3 unspecified atom stereocenters. The summed E-state index contributed by atoms with van der Waals surface area (Å²) < 4.78 is 10.7. The number of esters is 1. The Balaban J connectivity index is 2.41. The molecule has 0 spiro atoms. The summed E-state index contributed by atoms with van der Waals surface area (Å²) in [5, 5.41) is 0. The second-order valence-corrected chi connectivity index (χ2v) is 5.59. The van der Waals surface area contributed by atoms with Gasteiger partial charge in [-0.2, -0.15) is 0 Å². The summed E-state index contributed by atoms with van der Waals surface area (Å²) in [5.41, 5.74) is 5.27. The van der Waals surface area contributed by atoms with Crippen molar-refractivity contribution in [2.75, 3.05) is 13.7 Å². The molecule has 0 aliphatic heterocycles. The van der Waals surface area contributed by atoms with Gasteiger partial charge in [0, 0.05) is 13.0 Å². The Kier molecular flexibility index (Phi) is 6.09. The van der Waals surface area contributed by atoms with Crippen molar-refractivity contribution in [3.8, 4) is 0 Å². The fourth-order valence-electron chi connectivity index (χ4n) is 2.66. The fraction of sp³-hybridized carbons (Fsp3) is 0.929. The summed E-state index contributed by atoms with van der Waals surface area (Å²) in [6.45, 7) is 5.14. The summed E-state index contributed by atoms with van der Waals surface area (Å²) in [7, 11) is 1.39. The van der Waals surface area contributed by atoms with Crippen LogP contribution in [0, 0.1) is 5.92 Å². The lowest BCUT2D eigenvalue weighted by atomic mass is 9.81. The lowest BCUT2D eigenvalue weighted by Crippen LogP contribution is -2.53. The van der Waals surface area contributed by atoms with Crippen molar-refractivity contribution in [3.63, 3.8) is 0 Å². The zero-order valence-corrected chi connectivity index (χ0v) is 11.9. The maximum Gasteiger partial charge on any atom is 0.325 e. The van der Waals surface area contributed by atoms with E-state index in [1.807, 2.05) is 0 Å². The average molecular weight is 257 g/mol. The molecule has 106 valence electrons. The van der Waals surface area contributed by atoms with Gasteiger partial charge in [-0.05, 0) is 31.6 Å². The van der Waals surface area contributed by atoms with E-state index in [1.165, 1.54) is 20.0 Å². The van der Waals surface area contributed by atoms with Crippen molar-refractivity contribution in [1.29, 1.82) is 0 Å². The Bertz CT molecular complexity index is 270. The number of hydrogen-bond acceptors (Lipinski definition) is 4. The normalized spacial score (nSPS) is 29.9. The summed E-state index contributed by atoms with van der Waals surface area (Å²) >= 11 is 0. The fourth-order valence-corrected chi connectivity index (χ4v) is 2.66. The van der Waals surface area contributed by atoms with Gasteiger partial charge in [-0.1, -0.05) is 20.3 Å². The van der Waals surface area contributed by atoms with Gasteiger partial charge in [0.2, 0.25) is 0 Å². The Morgan fingerprint density at radius 2 is 2.28 bits per heavy atom. The molecular weight excluding hydrogens is 230 g/mol. The van der Waals surface area contributed by atoms with Crippen molar-refractivity contribution in [2.45, 2.75) is 64.0 Å². The molecule has 0 amide bonds. The average Bonchev–Trinajstić information content (AvgIpc) is 2.36. The van der Waals surface area contributed by atoms with Gasteiger partial charge in [-0.15, -0.1) is 0 Å². The Labute approximate surface area is 110 Å². The molecule has 0 bridgehead atoms. The van der Waals surface area contributed by atoms with E-state index in [1.54, 1.807) is 0 Å². The number of methoxy groups -OCH3 is 1. The van der Waals surface area contributed by atoms with Crippen LogP contribution in [0.2, 0.25) is 0 Å². The lowest BCUT2D eigenvalue weighted by Gasteiger charge is -2.35. The second-order valence-electron chi connectivity index (χ2n) is 5.59. The minimum Gasteiger partial charge on any atom is -0.468 e. The zero-order valence-electron chi connectivity index (χ0n) is 11.9. The molecule has 2 N–H and O–H groups in total. The molecule has 0 radical (unpaired) electrons. The van der Waals surface area contributed by atoms with Gasteiger partial charge in [-0.25, -0.2) is 0 Å². The van der Waals surface area contributed by atoms with E-state index in [0.717, 1.165) is 19.4 Å². The van der Waals surface area contributed by atoms with E-state index < -0.39 is 5.54 Å². The van der Waals surface area contributed by atoms with Crippen molar-refractivity contribution in [1.82, 2.24) is 0 Å². The third-order valence-electron chi connectivity index (χ3n) is 3.73. The van der Waals surface area contributed by atoms with Crippen LogP contribution in [0.1, 0.15) is 52.4 Å². The van der Waals surface area contributed by atoms with Crippen LogP contribution in [0.5, 0.6) is 0 Å². The number of carbonyl (C=O) groups excluding carboxylic acids is 1. The van der Waals surface area contributed by atoms with E-state index in [2.05, 4.69) is 13.8 Å². The first-order valence-electron chi connectivity index (χ1n) is 7.00. The molecule has 18 heavy (non-hydrogen) atoms. The highest BCUT2D eigenvalue weighted by molar-refractivity contribution is 5.80. The van der Waals surface area contributed by atoms with Gasteiger partial charge in [0.05, 0.1) is 13.2 Å². The molecule has 4 nitrogen and oxygen atoms in total. The predicted octanol–water partition coefficient (Wildman–Crippen LogP) is 2.25. The number of ether oxygens (including phenoxy) is 2. The van der Waals surface area contributed by atoms with Crippen LogP contribution in [0.15, 0.2) is 0 Å². The molecular formula is C14H27NO3. The lowest BCUT2D eigenvalue weighted by molar-refractivity contribution is -0.150. The first kappa shape index (κ1) is 15.4. The molecule has 1 aliphatic carbocycles. The SMILES string of the molecule is CCCC(C)COC1CCCC(N)(C(=O)OC)C1. The maximum absolute atomic E-state index is 11.7. The third-order valence-corrected chi connectivity index (χ3v) is 3.73. The molecule has 0 saturated heterocycles. The molecule has 0 aromatic carbocycles. The van der Waals surface area contributed by atoms with E-state index in [9.17, 15) is 4.79 Å². The van der Waals surface area contributed by atoms with Gasteiger partial charge in [0.1, 0.15) is 5.54 Å². The van der Waals surface area contributed by atoms with Crippen LogP contribution in [0.4, 0.5) is 0 Å². The molecule has 1 rings (SSSR count). The van der Waals surface area contributed by atoms with Gasteiger partial charge >= 0.3 is 5.97 Å². The molecule has 1 saturated carbocycles. The van der Waals surface area contributed by atoms with Crippen molar-refractivity contribution >= 4 is 5.97 Å². The van der Waals surface area contributed by atoms with Crippen molar-refractivity contribution < 1.29 is 14.3 Å². The highest BCUT2D eigenvalue weighted by atomic mass is 16.5. The van der Waals surface area contributed by atoms with Crippen LogP contribution >= 0.6 is 0 Å². The summed E-state index contributed by atoms with van der Waals surface area (Å²) in [6, 6.07) is 0. The van der Waals surface area contributed by atoms with Crippen LogP contribution in [0.3, 0.4) is 0 Å². The van der Waals surface area contributed by atoms with Crippen LogP contribution < -0.4 is 5.73 Å². The van der Waals surface area contributed by atoms with E-state index in [0.29, 0.717) is 18.8 Å². The van der Waals surface area contributed by atoms with E-state index in [4.69, 9.17) is 15.2 Å². The minimum atomic E-state index is -0.842. The first-order valence-corrected chi connectivity index (χ1v) is 7.00. The number of nitrogens with two attached hydrogens (primary N) is 1. The maximum atomic E-state index is 11.7. The molecule has 1 aliphatic rings. The molecule has 0 aromatic rings. The standard InChI is InChI=1S/C14H27NO3/c1-4-6-11(2)10-18-12-7-5-8-14(15,9-12)13(16)17-3/h11-12H,4-10,15H2,1-3H3. The monoisotopic (exact) mass is 257 g/mol. The van der Waals surface area contributed by atoms with Gasteiger partial charge in [0.15, 0.2) is 0 Å². The van der Waals surface area contributed by atoms with E-state index >= 15 is 0 Å². The molecule has 0 aromatic heterocycles. The van der Waals surface area contributed by atoms with Crippen molar-refractivity contribution in [3.05, 3.63) is 0 Å². The smallest absolute Gasteiger partial charge is 0.325 e. The highest BCUT2D eigenvalue weighted by Crippen LogP contribution is 2.29. The zero-order chi connectivity index (χ0) is 13.6. The third kappa shape index (κ3) is 4.25. The predicted molar refractivity (Wildman–Crippen MR) is 71.2 cm³/mol. The largest absolute Gasteiger partial charge is 0.468 e. The van der Waals surface area contributed by atoms with E-state index in [-0.39, 0.29) is 12.1 Å². The number of carbonyl (C=O) groups is 1. The van der Waals surface area contributed by atoms with Crippen LogP contribution in [0.25, 0.3) is 0 Å². The molecule has 0 heterocycles. The minimum absolute atomic E-state index is 0.0992. The number of rotatable bonds is 6. The second kappa shape index (κ2) is 7.10. The van der Waals surface area contributed by atoms with Gasteiger partial charge < -0.3 is 15.2 Å². The Morgan fingerprint density at radius 3 is 2.89 bits per heavy atom. The summed E-state index contributed by atoms with van der Waals surface area (Å²) in [6.07, 6.45) is 5.66. The summed E-state index contributed by atoms with van der Waals surface area (Å²) in [4.78, 5) is 11.7. The van der Waals surface area contributed by atoms with Crippen molar-refractivity contribution in [2.24, 2.45) is 11.7 Å². The molecule has 1 fully saturated rings. The van der Waals surface area contributed by atoms with Crippen LogP contribution in [-0.4, -0.2) is 31.3 Å². The highest BCUT2D eigenvalue weighted by Gasteiger charge is 2.40. The van der Waals surface area contributed by atoms with Crippen LogP contribution in [-0.2, 0) is 14.3 Å². The summed E-state index contributed by atoms with van der Waals surface area (Å²) in [5.74, 6) is 0.264. The molecule has 4 heteroatoms. The Morgan fingerprint density at radius 1 is 1.56 bits per heavy atom. The molecule has 3 atom stereocenters. The first-order chi connectivity index (χ1) is 8.51. The topological polar surface area (TPSA) is 61.5 Å². The quantitative estimate of drug-likeness (QED) is 0.741.